The first-order chi connectivity index (χ1) is 9.47. The van der Waals surface area contributed by atoms with Crippen LogP contribution < -0.4 is 5.73 Å². The molecule has 1 fully saturated rings. The Morgan fingerprint density at radius 2 is 2.15 bits per heavy atom. The first-order valence-electron chi connectivity index (χ1n) is 6.88. The van der Waals surface area contributed by atoms with Gasteiger partial charge in [-0.3, -0.25) is 15.0 Å². The van der Waals surface area contributed by atoms with E-state index in [4.69, 9.17) is 5.73 Å². The zero-order chi connectivity index (χ0) is 14.7. The molecule has 0 bridgehead atoms. The van der Waals surface area contributed by atoms with Gasteiger partial charge >= 0.3 is 5.69 Å². The Morgan fingerprint density at radius 3 is 2.65 bits per heavy atom. The molecule has 1 heterocycles. The molecule has 6 heteroatoms. The second-order valence-electron chi connectivity index (χ2n) is 5.52. The van der Waals surface area contributed by atoms with Gasteiger partial charge < -0.3 is 5.73 Å². The van der Waals surface area contributed by atoms with Gasteiger partial charge in [-0.1, -0.05) is 6.07 Å². The van der Waals surface area contributed by atoms with Crippen LogP contribution in [0.3, 0.4) is 0 Å². The summed E-state index contributed by atoms with van der Waals surface area (Å²) in [5.41, 5.74) is 6.20. The maximum atomic E-state index is 13.5. The zero-order valence-corrected chi connectivity index (χ0v) is 11.6. The molecule has 0 saturated carbocycles. The molecule has 0 spiro atoms. The van der Waals surface area contributed by atoms with Crippen LogP contribution in [0.15, 0.2) is 18.2 Å². The van der Waals surface area contributed by atoms with E-state index < -0.39 is 16.4 Å². The Bertz CT molecular complexity index is 485. The summed E-state index contributed by atoms with van der Waals surface area (Å²) in [6.45, 7) is 4.53. The lowest BCUT2D eigenvalue weighted by Gasteiger charge is -2.33. The minimum atomic E-state index is -0.766. The summed E-state index contributed by atoms with van der Waals surface area (Å²) in [7, 11) is 0. The molecule has 1 aliphatic heterocycles. The van der Waals surface area contributed by atoms with E-state index in [0.29, 0.717) is 12.5 Å². The second kappa shape index (κ2) is 6.28. The van der Waals surface area contributed by atoms with Crippen molar-refractivity contribution in [3.8, 4) is 0 Å². The van der Waals surface area contributed by atoms with Crippen LogP contribution in [0.5, 0.6) is 0 Å². The predicted octanol–water partition coefficient (Wildman–Crippen LogP) is 2.29. The van der Waals surface area contributed by atoms with E-state index in [9.17, 15) is 14.5 Å². The van der Waals surface area contributed by atoms with Crippen molar-refractivity contribution in [2.45, 2.75) is 32.4 Å². The molecule has 1 aromatic rings. The van der Waals surface area contributed by atoms with Crippen molar-refractivity contribution < 1.29 is 9.31 Å². The molecule has 0 aromatic heterocycles. The topological polar surface area (TPSA) is 72.4 Å². The number of halogens is 1. The first kappa shape index (κ1) is 14.9. The van der Waals surface area contributed by atoms with Crippen LogP contribution in [-0.4, -0.2) is 29.0 Å². The van der Waals surface area contributed by atoms with E-state index >= 15 is 0 Å². The normalized spacial score (nSPS) is 18.9. The Hall–Kier alpha value is -1.53. The summed E-state index contributed by atoms with van der Waals surface area (Å²) in [6.07, 6.45) is 2.10. The third-order valence-electron chi connectivity index (χ3n) is 3.99. The van der Waals surface area contributed by atoms with Gasteiger partial charge in [0.1, 0.15) is 0 Å². The molecular formula is C14H20FN3O2. The molecule has 2 N–H and O–H groups in total. The van der Waals surface area contributed by atoms with Crippen molar-refractivity contribution in [1.82, 2.24) is 4.90 Å². The average Bonchev–Trinajstić information content (AvgIpc) is 2.39. The first-order valence-corrected chi connectivity index (χ1v) is 6.88. The van der Waals surface area contributed by atoms with Crippen LogP contribution in [0.2, 0.25) is 0 Å². The van der Waals surface area contributed by atoms with Gasteiger partial charge in [-0.25, -0.2) is 0 Å². The van der Waals surface area contributed by atoms with Crippen LogP contribution >= 0.6 is 0 Å². The van der Waals surface area contributed by atoms with Crippen molar-refractivity contribution in [1.29, 1.82) is 0 Å². The molecule has 5 nitrogen and oxygen atoms in total. The van der Waals surface area contributed by atoms with E-state index in [-0.39, 0.29) is 6.04 Å². The van der Waals surface area contributed by atoms with Crippen LogP contribution in [-0.2, 0) is 6.54 Å². The lowest BCUT2D eigenvalue weighted by Crippen LogP contribution is -2.39. The number of nitrogens with zero attached hydrogens (tertiary/aromatic N) is 2. The summed E-state index contributed by atoms with van der Waals surface area (Å²) in [5.74, 6) is -0.210. The highest BCUT2D eigenvalue weighted by atomic mass is 19.1. The Morgan fingerprint density at radius 1 is 1.50 bits per heavy atom. The van der Waals surface area contributed by atoms with Gasteiger partial charge in [0.05, 0.1) is 4.92 Å². The molecule has 1 aromatic carbocycles. The number of hydrogen-bond acceptors (Lipinski definition) is 4. The summed E-state index contributed by atoms with van der Waals surface area (Å²) in [6, 6.07) is 4.34. The Balaban J connectivity index is 1.95. The number of likely N-dealkylation sites (tertiary alicyclic amines) is 1. The molecule has 1 aliphatic rings. The van der Waals surface area contributed by atoms with Crippen molar-refractivity contribution in [3.05, 3.63) is 39.7 Å². The highest BCUT2D eigenvalue weighted by molar-refractivity contribution is 5.34. The van der Waals surface area contributed by atoms with Gasteiger partial charge in [0.15, 0.2) is 0 Å². The van der Waals surface area contributed by atoms with Crippen LogP contribution in [0, 0.1) is 21.8 Å². The third kappa shape index (κ3) is 3.52. The molecule has 0 aliphatic carbocycles. The van der Waals surface area contributed by atoms with Crippen LogP contribution in [0.4, 0.5) is 10.1 Å². The number of rotatable bonds is 4. The molecule has 110 valence electrons. The molecule has 2 rings (SSSR count). The van der Waals surface area contributed by atoms with E-state index in [2.05, 4.69) is 4.90 Å². The summed E-state index contributed by atoms with van der Waals surface area (Å²) in [4.78, 5) is 12.1. The number of hydrogen-bond donors (Lipinski definition) is 1. The van der Waals surface area contributed by atoms with E-state index in [0.717, 1.165) is 31.5 Å². The fourth-order valence-corrected chi connectivity index (χ4v) is 2.69. The van der Waals surface area contributed by atoms with Crippen molar-refractivity contribution in [2.24, 2.45) is 11.7 Å². The van der Waals surface area contributed by atoms with E-state index in [1.165, 1.54) is 12.1 Å². The standard InChI is InChI=1S/C14H20FN3O2/c1-10(16)12-4-6-17(7-5-12)9-11-2-3-14(18(19)20)13(15)8-11/h2-3,8,10,12H,4-7,9,16H2,1H3. The van der Waals surface area contributed by atoms with Gasteiger partial charge in [0, 0.05) is 18.7 Å². The van der Waals surface area contributed by atoms with Gasteiger partial charge in [0.25, 0.3) is 0 Å². The molecular weight excluding hydrogens is 261 g/mol. The minimum Gasteiger partial charge on any atom is -0.328 e. The van der Waals surface area contributed by atoms with E-state index in [1.807, 2.05) is 6.92 Å². The van der Waals surface area contributed by atoms with Crippen molar-refractivity contribution in [2.75, 3.05) is 13.1 Å². The molecule has 1 saturated heterocycles. The Kier molecular flexibility index (Phi) is 4.67. The third-order valence-corrected chi connectivity index (χ3v) is 3.99. The SMILES string of the molecule is CC(N)C1CCN(Cc2ccc([N+](=O)[O-])c(F)c2)CC1. The number of benzene rings is 1. The van der Waals surface area contributed by atoms with Gasteiger partial charge in [0.2, 0.25) is 5.82 Å². The largest absolute Gasteiger partial charge is 0.328 e. The number of nitro benzene ring substituents is 1. The number of piperidine rings is 1. The van der Waals surface area contributed by atoms with E-state index in [1.54, 1.807) is 6.07 Å². The maximum absolute atomic E-state index is 13.5. The molecule has 20 heavy (non-hydrogen) atoms. The lowest BCUT2D eigenvalue weighted by molar-refractivity contribution is -0.387. The van der Waals surface area contributed by atoms with Gasteiger partial charge in [-0.2, -0.15) is 4.39 Å². The average molecular weight is 281 g/mol. The molecule has 1 atom stereocenters. The van der Waals surface area contributed by atoms with Crippen molar-refractivity contribution in [3.63, 3.8) is 0 Å². The monoisotopic (exact) mass is 281 g/mol. The highest BCUT2D eigenvalue weighted by Gasteiger charge is 2.22. The molecule has 0 radical (unpaired) electrons. The smallest absolute Gasteiger partial charge is 0.304 e. The second-order valence-corrected chi connectivity index (χ2v) is 5.52. The lowest BCUT2D eigenvalue weighted by atomic mass is 9.91. The summed E-state index contributed by atoms with van der Waals surface area (Å²) < 4.78 is 13.5. The molecule has 1 unspecified atom stereocenters. The summed E-state index contributed by atoms with van der Waals surface area (Å²) in [5, 5.41) is 10.6. The van der Waals surface area contributed by atoms with Crippen LogP contribution in [0.25, 0.3) is 0 Å². The Labute approximate surface area is 117 Å². The fraction of sp³-hybridized carbons (Fsp3) is 0.571. The number of nitro groups is 1. The maximum Gasteiger partial charge on any atom is 0.304 e. The van der Waals surface area contributed by atoms with Gasteiger partial charge in [-0.15, -0.1) is 0 Å². The zero-order valence-electron chi connectivity index (χ0n) is 11.6. The quantitative estimate of drug-likeness (QED) is 0.679. The van der Waals surface area contributed by atoms with Gasteiger partial charge in [-0.05, 0) is 50.4 Å². The highest BCUT2D eigenvalue weighted by Crippen LogP contribution is 2.23. The minimum absolute atomic E-state index is 0.217. The predicted molar refractivity (Wildman–Crippen MR) is 74.7 cm³/mol. The fourth-order valence-electron chi connectivity index (χ4n) is 2.69. The summed E-state index contributed by atoms with van der Waals surface area (Å²) >= 11 is 0. The molecule has 0 amide bonds. The van der Waals surface area contributed by atoms with Crippen molar-refractivity contribution >= 4 is 5.69 Å². The van der Waals surface area contributed by atoms with Crippen LogP contribution in [0.1, 0.15) is 25.3 Å². The number of nitrogens with two attached hydrogens (primary N) is 1.